The highest BCUT2D eigenvalue weighted by Gasteiger charge is 2.01. The van der Waals surface area contributed by atoms with Gasteiger partial charge in [0, 0.05) is 26.8 Å². The standard InChI is InChI=1S/C13H10BrCl2N/c14-13-7-11(16)5-4-9(13)8-17-12-3-1-2-10(15)6-12/h1-7,17H,8H2. The fourth-order valence-corrected chi connectivity index (χ4v) is 2.47. The highest BCUT2D eigenvalue weighted by Crippen LogP contribution is 2.23. The van der Waals surface area contributed by atoms with Gasteiger partial charge in [0.15, 0.2) is 0 Å². The number of nitrogens with one attached hydrogen (secondary N) is 1. The summed E-state index contributed by atoms with van der Waals surface area (Å²) in [5, 5.41) is 4.76. The molecule has 0 aliphatic heterocycles. The van der Waals surface area contributed by atoms with Crippen molar-refractivity contribution < 1.29 is 0 Å². The summed E-state index contributed by atoms with van der Waals surface area (Å²) in [5.74, 6) is 0. The molecule has 1 N–H and O–H groups in total. The van der Waals surface area contributed by atoms with E-state index in [4.69, 9.17) is 23.2 Å². The van der Waals surface area contributed by atoms with E-state index in [0.29, 0.717) is 0 Å². The zero-order chi connectivity index (χ0) is 12.3. The van der Waals surface area contributed by atoms with Crippen LogP contribution in [0.4, 0.5) is 5.69 Å². The zero-order valence-electron chi connectivity index (χ0n) is 8.88. The number of anilines is 1. The van der Waals surface area contributed by atoms with Crippen LogP contribution in [0.2, 0.25) is 10.0 Å². The number of hydrogen-bond acceptors (Lipinski definition) is 1. The van der Waals surface area contributed by atoms with Crippen LogP contribution in [0.1, 0.15) is 5.56 Å². The smallest absolute Gasteiger partial charge is 0.0426 e. The fourth-order valence-electron chi connectivity index (χ4n) is 1.46. The predicted octanol–water partition coefficient (Wildman–Crippen LogP) is 5.37. The molecule has 2 aromatic rings. The van der Waals surface area contributed by atoms with Gasteiger partial charge in [-0.25, -0.2) is 0 Å². The molecular weight excluding hydrogens is 321 g/mol. The molecule has 0 saturated heterocycles. The van der Waals surface area contributed by atoms with Crippen LogP contribution in [0.3, 0.4) is 0 Å². The van der Waals surface area contributed by atoms with Crippen molar-refractivity contribution in [2.45, 2.75) is 6.54 Å². The molecule has 1 nitrogen and oxygen atoms in total. The molecule has 2 aromatic carbocycles. The van der Waals surface area contributed by atoms with E-state index in [0.717, 1.165) is 32.3 Å². The third kappa shape index (κ3) is 3.63. The lowest BCUT2D eigenvalue weighted by Crippen LogP contribution is -1.99. The Morgan fingerprint density at radius 2 is 1.76 bits per heavy atom. The highest BCUT2D eigenvalue weighted by atomic mass is 79.9. The zero-order valence-corrected chi connectivity index (χ0v) is 12.0. The van der Waals surface area contributed by atoms with Crippen molar-refractivity contribution in [3.05, 3.63) is 62.5 Å². The molecule has 17 heavy (non-hydrogen) atoms. The van der Waals surface area contributed by atoms with Crippen LogP contribution in [0, 0.1) is 0 Å². The van der Waals surface area contributed by atoms with E-state index in [1.165, 1.54) is 0 Å². The van der Waals surface area contributed by atoms with Gasteiger partial charge in [0.25, 0.3) is 0 Å². The Hall–Kier alpha value is -0.700. The number of benzene rings is 2. The van der Waals surface area contributed by atoms with Gasteiger partial charge in [0.2, 0.25) is 0 Å². The first kappa shape index (κ1) is 12.7. The van der Waals surface area contributed by atoms with Crippen LogP contribution >= 0.6 is 39.1 Å². The summed E-state index contributed by atoms with van der Waals surface area (Å²) in [6.45, 7) is 0.720. The van der Waals surface area contributed by atoms with Crippen molar-refractivity contribution in [3.8, 4) is 0 Å². The topological polar surface area (TPSA) is 12.0 Å². The van der Waals surface area contributed by atoms with E-state index in [9.17, 15) is 0 Å². The number of halogens is 3. The van der Waals surface area contributed by atoms with Gasteiger partial charge in [-0.2, -0.15) is 0 Å². The Morgan fingerprint density at radius 3 is 2.47 bits per heavy atom. The molecule has 0 heterocycles. The van der Waals surface area contributed by atoms with Gasteiger partial charge in [0.1, 0.15) is 0 Å². The van der Waals surface area contributed by atoms with Gasteiger partial charge in [-0.1, -0.05) is 51.3 Å². The first-order valence-corrected chi connectivity index (χ1v) is 6.63. The second-order valence-corrected chi connectivity index (χ2v) is 5.33. The fraction of sp³-hybridized carbons (Fsp3) is 0.0769. The van der Waals surface area contributed by atoms with Gasteiger partial charge in [-0.05, 0) is 35.9 Å². The summed E-state index contributed by atoms with van der Waals surface area (Å²) in [4.78, 5) is 0. The molecule has 0 radical (unpaired) electrons. The normalized spacial score (nSPS) is 10.3. The molecule has 2 rings (SSSR count). The minimum absolute atomic E-state index is 0.720. The van der Waals surface area contributed by atoms with Crippen LogP contribution in [-0.4, -0.2) is 0 Å². The molecule has 0 aliphatic rings. The van der Waals surface area contributed by atoms with Crippen molar-refractivity contribution in [2.75, 3.05) is 5.32 Å². The highest BCUT2D eigenvalue weighted by molar-refractivity contribution is 9.10. The van der Waals surface area contributed by atoms with Crippen LogP contribution in [0.15, 0.2) is 46.9 Å². The van der Waals surface area contributed by atoms with Crippen LogP contribution in [0.5, 0.6) is 0 Å². The quantitative estimate of drug-likeness (QED) is 0.797. The molecule has 0 aromatic heterocycles. The summed E-state index contributed by atoms with van der Waals surface area (Å²) in [6, 6.07) is 13.4. The van der Waals surface area contributed by atoms with Gasteiger partial charge in [-0.3, -0.25) is 0 Å². The molecule has 88 valence electrons. The number of hydrogen-bond donors (Lipinski definition) is 1. The summed E-state index contributed by atoms with van der Waals surface area (Å²) in [7, 11) is 0. The molecule has 4 heteroatoms. The Morgan fingerprint density at radius 1 is 1.00 bits per heavy atom. The second kappa shape index (κ2) is 5.76. The molecular formula is C13H10BrCl2N. The molecule has 0 aliphatic carbocycles. The number of rotatable bonds is 3. The van der Waals surface area contributed by atoms with E-state index in [1.807, 2.05) is 42.5 Å². The Kier molecular flexibility index (Phi) is 4.32. The maximum atomic E-state index is 5.91. The lowest BCUT2D eigenvalue weighted by atomic mass is 10.2. The summed E-state index contributed by atoms with van der Waals surface area (Å²) in [5.41, 5.74) is 2.15. The van der Waals surface area contributed by atoms with Gasteiger partial charge >= 0.3 is 0 Å². The molecule has 0 spiro atoms. The summed E-state index contributed by atoms with van der Waals surface area (Å²) < 4.78 is 1.000. The van der Waals surface area contributed by atoms with Crippen LogP contribution in [-0.2, 0) is 6.54 Å². The molecule has 0 fully saturated rings. The first-order chi connectivity index (χ1) is 8.15. The molecule has 0 saturated carbocycles. The van der Waals surface area contributed by atoms with Crippen molar-refractivity contribution in [1.29, 1.82) is 0 Å². The van der Waals surface area contributed by atoms with Crippen molar-refractivity contribution in [1.82, 2.24) is 0 Å². The van der Waals surface area contributed by atoms with Gasteiger partial charge < -0.3 is 5.32 Å². The van der Waals surface area contributed by atoms with Crippen molar-refractivity contribution >= 4 is 44.8 Å². The van der Waals surface area contributed by atoms with E-state index in [1.54, 1.807) is 0 Å². The van der Waals surface area contributed by atoms with Gasteiger partial charge in [0.05, 0.1) is 0 Å². The SMILES string of the molecule is Clc1cccc(NCc2ccc(Cl)cc2Br)c1. The van der Waals surface area contributed by atoms with Crippen molar-refractivity contribution in [2.24, 2.45) is 0 Å². The maximum Gasteiger partial charge on any atom is 0.0426 e. The van der Waals surface area contributed by atoms with Crippen LogP contribution in [0.25, 0.3) is 0 Å². The van der Waals surface area contributed by atoms with E-state index >= 15 is 0 Å². The van der Waals surface area contributed by atoms with E-state index in [2.05, 4.69) is 21.2 Å². The minimum atomic E-state index is 0.720. The van der Waals surface area contributed by atoms with E-state index in [-0.39, 0.29) is 0 Å². The molecule has 0 unspecified atom stereocenters. The largest absolute Gasteiger partial charge is 0.381 e. The first-order valence-electron chi connectivity index (χ1n) is 5.08. The second-order valence-electron chi connectivity index (χ2n) is 3.60. The average molecular weight is 331 g/mol. The average Bonchev–Trinajstić information content (AvgIpc) is 2.28. The summed E-state index contributed by atoms with van der Waals surface area (Å²) >= 11 is 15.3. The Labute approximate surface area is 119 Å². The van der Waals surface area contributed by atoms with E-state index < -0.39 is 0 Å². The molecule has 0 bridgehead atoms. The predicted molar refractivity (Wildman–Crippen MR) is 77.9 cm³/mol. The lowest BCUT2D eigenvalue weighted by molar-refractivity contribution is 1.14. The Bertz CT molecular complexity index is 529. The molecule has 0 atom stereocenters. The summed E-state index contributed by atoms with van der Waals surface area (Å²) in [6.07, 6.45) is 0. The lowest BCUT2D eigenvalue weighted by Gasteiger charge is -2.08. The maximum absolute atomic E-state index is 5.91. The minimum Gasteiger partial charge on any atom is -0.381 e. The third-order valence-corrected chi connectivity index (χ3v) is 3.53. The Balaban J connectivity index is 2.07. The van der Waals surface area contributed by atoms with Gasteiger partial charge in [-0.15, -0.1) is 0 Å². The van der Waals surface area contributed by atoms with Crippen LogP contribution < -0.4 is 5.32 Å². The van der Waals surface area contributed by atoms with Crippen molar-refractivity contribution in [3.63, 3.8) is 0 Å². The monoisotopic (exact) mass is 329 g/mol. The molecule has 0 amide bonds. The third-order valence-electron chi connectivity index (χ3n) is 2.32.